The molecule has 0 unspecified atom stereocenters. The molecule has 0 fully saturated rings. The Labute approximate surface area is 107 Å². The maximum atomic E-state index is 4.34. The van der Waals surface area contributed by atoms with Gasteiger partial charge in [-0.1, -0.05) is 0 Å². The molecule has 0 saturated heterocycles. The Hall–Kier alpha value is -2.17. The molecule has 0 amide bonds. The molecule has 2 rings (SSSR count). The number of anilines is 2. The Morgan fingerprint density at radius 1 is 1.17 bits per heavy atom. The summed E-state index contributed by atoms with van der Waals surface area (Å²) in [4.78, 5) is 12.6. The minimum Gasteiger partial charge on any atom is -0.370 e. The lowest BCUT2D eigenvalue weighted by Gasteiger charge is -2.08. The van der Waals surface area contributed by atoms with Crippen molar-refractivity contribution in [1.29, 1.82) is 0 Å². The molecule has 5 heteroatoms. The van der Waals surface area contributed by atoms with Crippen LogP contribution in [0.25, 0.3) is 0 Å². The number of nitrogens with zero attached hydrogens (tertiary/aromatic N) is 3. The largest absolute Gasteiger partial charge is 0.370 e. The normalized spacial score (nSPS) is 10.1. The SMILES string of the molecule is CNc1nc(C)cc(NCCc2ccncc2)n1. The molecule has 2 N–H and O–H groups in total. The van der Waals surface area contributed by atoms with Gasteiger partial charge in [-0.05, 0) is 31.0 Å². The van der Waals surface area contributed by atoms with Crippen molar-refractivity contribution >= 4 is 11.8 Å². The first-order chi connectivity index (χ1) is 8.78. The second-order valence-electron chi connectivity index (χ2n) is 4.00. The number of hydrogen-bond donors (Lipinski definition) is 2. The van der Waals surface area contributed by atoms with E-state index in [0.717, 1.165) is 24.5 Å². The van der Waals surface area contributed by atoms with Crippen LogP contribution in [0.2, 0.25) is 0 Å². The fourth-order valence-corrected chi connectivity index (χ4v) is 1.66. The number of hydrogen-bond acceptors (Lipinski definition) is 5. The zero-order chi connectivity index (χ0) is 12.8. The highest BCUT2D eigenvalue weighted by Crippen LogP contribution is 2.09. The molecular formula is C13H17N5. The highest BCUT2D eigenvalue weighted by Gasteiger charge is 2.00. The van der Waals surface area contributed by atoms with Crippen molar-refractivity contribution < 1.29 is 0 Å². The third-order valence-corrected chi connectivity index (χ3v) is 2.55. The van der Waals surface area contributed by atoms with Crippen LogP contribution in [0.4, 0.5) is 11.8 Å². The van der Waals surface area contributed by atoms with Gasteiger partial charge in [0, 0.05) is 37.7 Å². The van der Waals surface area contributed by atoms with Crippen LogP contribution in [0.15, 0.2) is 30.6 Å². The van der Waals surface area contributed by atoms with E-state index in [1.165, 1.54) is 5.56 Å². The van der Waals surface area contributed by atoms with Gasteiger partial charge in [0.2, 0.25) is 5.95 Å². The second kappa shape index (κ2) is 5.95. The Morgan fingerprint density at radius 3 is 2.67 bits per heavy atom. The Morgan fingerprint density at radius 2 is 1.94 bits per heavy atom. The number of nitrogens with one attached hydrogen (secondary N) is 2. The Bertz CT molecular complexity index is 498. The first kappa shape index (κ1) is 12.3. The van der Waals surface area contributed by atoms with E-state index in [1.54, 1.807) is 0 Å². The molecule has 18 heavy (non-hydrogen) atoms. The van der Waals surface area contributed by atoms with E-state index in [9.17, 15) is 0 Å². The summed E-state index contributed by atoms with van der Waals surface area (Å²) in [5.41, 5.74) is 2.21. The summed E-state index contributed by atoms with van der Waals surface area (Å²) in [6.07, 6.45) is 4.56. The summed E-state index contributed by atoms with van der Waals surface area (Å²) < 4.78 is 0. The van der Waals surface area contributed by atoms with Crippen LogP contribution in [0, 0.1) is 6.92 Å². The maximum absolute atomic E-state index is 4.34. The number of rotatable bonds is 5. The summed E-state index contributed by atoms with van der Waals surface area (Å²) in [6, 6.07) is 5.98. The summed E-state index contributed by atoms with van der Waals surface area (Å²) in [5.74, 6) is 1.49. The van der Waals surface area contributed by atoms with Gasteiger partial charge < -0.3 is 10.6 Å². The zero-order valence-corrected chi connectivity index (χ0v) is 10.6. The molecule has 2 heterocycles. The Kier molecular flexibility index (Phi) is 4.06. The molecule has 0 aliphatic carbocycles. The van der Waals surface area contributed by atoms with Crippen molar-refractivity contribution in [3.05, 3.63) is 41.9 Å². The number of aryl methyl sites for hydroxylation is 1. The van der Waals surface area contributed by atoms with Crippen molar-refractivity contribution in [2.24, 2.45) is 0 Å². The van der Waals surface area contributed by atoms with Crippen molar-refractivity contribution in [2.45, 2.75) is 13.3 Å². The van der Waals surface area contributed by atoms with Crippen molar-refractivity contribution in [1.82, 2.24) is 15.0 Å². The van der Waals surface area contributed by atoms with Gasteiger partial charge in [-0.25, -0.2) is 4.98 Å². The molecular weight excluding hydrogens is 226 g/mol. The zero-order valence-electron chi connectivity index (χ0n) is 10.6. The van der Waals surface area contributed by atoms with Crippen LogP contribution >= 0.6 is 0 Å². The number of pyridine rings is 1. The lowest BCUT2D eigenvalue weighted by Crippen LogP contribution is -2.08. The molecule has 0 aliphatic rings. The van der Waals surface area contributed by atoms with Crippen LogP contribution in [0.5, 0.6) is 0 Å². The van der Waals surface area contributed by atoms with Gasteiger partial charge in [-0.15, -0.1) is 0 Å². The molecule has 2 aromatic rings. The molecule has 0 atom stereocenters. The molecule has 0 spiro atoms. The van der Waals surface area contributed by atoms with Crippen LogP contribution in [0.3, 0.4) is 0 Å². The van der Waals surface area contributed by atoms with Crippen molar-refractivity contribution in [2.75, 3.05) is 24.2 Å². The van der Waals surface area contributed by atoms with Crippen molar-refractivity contribution in [3.63, 3.8) is 0 Å². The molecule has 0 radical (unpaired) electrons. The predicted molar refractivity (Wildman–Crippen MR) is 72.7 cm³/mol. The van der Waals surface area contributed by atoms with E-state index in [0.29, 0.717) is 5.95 Å². The van der Waals surface area contributed by atoms with Crippen LogP contribution < -0.4 is 10.6 Å². The fourth-order valence-electron chi connectivity index (χ4n) is 1.66. The first-order valence-corrected chi connectivity index (χ1v) is 5.94. The first-order valence-electron chi connectivity index (χ1n) is 5.94. The summed E-state index contributed by atoms with van der Waals surface area (Å²) in [7, 11) is 1.82. The molecule has 0 aliphatic heterocycles. The molecule has 0 bridgehead atoms. The smallest absolute Gasteiger partial charge is 0.224 e. The molecule has 0 aromatic carbocycles. The van der Waals surface area contributed by atoms with E-state index in [2.05, 4.69) is 25.6 Å². The van der Waals surface area contributed by atoms with E-state index >= 15 is 0 Å². The van der Waals surface area contributed by atoms with Crippen molar-refractivity contribution in [3.8, 4) is 0 Å². The molecule has 5 nitrogen and oxygen atoms in total. The quantitative estimate of drug-likeness (QED) is 0.839. The van der Waals surface area contributed by atoms with Crippen LogP contribution in [0.1, 0.15) is 11.3 Å². The van der Waals surface area contributed by atoms with E-state index in [1.807, 2.05) is 44.6 Å². The van der Waals surface area contributed by atoms with Gasteiger partial charge in [0.25, 0.3) is 0 Å². The van der Waals surface area contributed by atoms with Gasteiger partial charge in [-0.3, -0.25) is 4.98 Å². The standard InChI is InChI=1S/C13H17N5/c1-10-9-12(18-13(14-2)17-10)16-8-5-11-3-6-15-7-4-11/h3-4,6-7,9H,5,8H2,1-2H3,(H2,14,16,17,18). The van der Waals surface area contributed by atoms with E-state index in [-0.39, 0.29) is 0 Å². The summed E-state index contributed by atoms with van der Waals surface area (Å²) in [6.45, 7) is 2.79. The Balaban J connectivity index is 1.92. The van der Waals surface area contributed by atoms with Gasteiger partial charge >= 0.3 is 0 Å². The molecule has 94 valence electrons. The summed E-state index contributed by atoms with van der Waals surface area (Å²) >= 11 is 0. The highest BCUT2D eigenvalue weighted by molar-refractivity contribution is 5.41. The lowest BCUT2D eigenvalue weighted by atomic mass is 10.2. The average molecular weight is 243 g/mol. The molecule has 2 aromatic heterocycles. The third-order valence-electron chi connectivity index (χ3n) is 2.55. The average Bonchev–Trinajstić information content (AvgIpc) is 2.39. The minimum absolute atomic E-state index is 0.640. The third kappa shape index (κ3) is 3.41. The predicted octanol–water partition coefficient (Wildman–Crippen LogP) is 1.88. The maximum Gasteiger partial charge on any atom is 0.224 e. The summed E-state index contributed by atoms with van der Waals surface area (Å²) in [5, 5.41) is 6.24. The van der Waals surface area contributed by atoms with Gasteiger partial charge in [0.05, 0.1) is 0 Å². The second-order valence-corrected chi connectivity index (χ2v) is 4.00. The van der Waals surface area contributed by atoms with Gasteiger partial charge in [0.15, 0.2) is 0 Å². The number of aromatic nitrogens is 3. The van der Waals surface area contributed by atoms with Crippen LogP contribution in [-0.2, 0) is 6.42 Å². The van der Waals surface area contributed by atoms with Crippen LogP contribution in [-0.4, -0.2) is 28.5 Å². The van der Waals surface area contributed by atoms with E-state index < -0.39 is 0 Å². The fraction of sp³-hybridized carbons (Fsp3) is 0.308. The van der Waals surface area contributed by atoms with Gasteiger partial charge in [-0.2, -0.15) is 4.98 Å². The monoisotopic (exact) mass is 243 g/mol. The topological polar surface area (TPSA) is 62.7 Å². The van der Waals surface area contributed by atoms with E-state index in [4.69, 9.17) is 0 Å². The lowest BCUT2D eigenvalue weighted by molar-refractivity contribution is 0.988. The van der Waals surface area contributed by atoms with Gasteiger partial charge in [0.1, 0.15) is 5.82 Å². The molecule has 0 saturated carbocycles. The highest BCUT2D eigenvalue weighted by atomic mass is 15.1. The minimum atomic E-state index is 0.640.